The van der Waals surface area contributed by atoms with Gasteiger partial charge in [-0.2, -0.15) is 0 Å². The summed E-state index contributed by atoms with van der Waals surface area (Å²) in [6, 6.07) is 20.4. The Balaban J connectivity index is 1.66. The molecule has 0 aliphatic rings. The number of sulfonamides is 1. The Morgan fingerprint density at radius 1 is 0.939 bits per heavy atom. The van der Waals surface area contributed by atoms with E-state index in [-0.39, 0.29) is 22.0 Å². The Hall–Kier alpha value is -3.14. The molecular weight excluding hydrogens is 458 g/mol. The van der Waals surface area contributed by atoms with Gasteiger partial charge in [0.2, 0.25) is 15.9 Å². The molecule has 0 saturated carbocycles. The van der Waals surface area contributed by atoms with Crippen LogP contribution in [0.15, 0.2) is 82.6 Å². The van der Waals surface area contributed by atoms with Crippen molar-refractivity contribution in [1.82, 2.24) is 0 Å². The van der Waals surface area contributed by atoms with E-state index in [1.807, 2.05) is 50.2 Å². The van der Waals surface area contributed by atoms with Crippen LogP contribution in [0.1, 0.15) is 29.3 Å². The smallest absolute Gasteiger partial charge is 0.255 e. The Labute approximate surface area is 197 Å². The van der Waals surface area contributed by atoms with Crippen molar-refractivity contribution in [1.29, 1.82) is 0 Å². The van der Waals surface area contributed by atoms with Crippen molar-refractivity contribution in [3.05, 3.63) is 83.9 Å². The minimum atomic E-state index is -3.79. The number of primary sulfonamides is 1. The quantitative estimate of drug-likeness (QED) is 0.410. The van der Waals surface area contributed by atoms with E-state index < -0.39 is 10.0 Å². The third-order valence-electron chi connectivity index (χ3n) is 4.76. The monoisotopic (exact) mass is 483 g/mol. The van der Waals surface area contributed by atoms with Gasteiger partial charge in [0.25, 0.3) is 5.91 Å². The first-order valence-electron chi connectivity index (χ1n) is 10.2. The zero-order valence-electron chi connectivity index (χ0n) is 18.2. The lowest BCUT2D eigenvalue weighted by Crippen LogP contribution is -2.24. The van der Waals surface area contributed by atoms with Gasteiger partial charge in [-0.1, -0.05) is 30.7 Å². The number of rotatable bonds is 8. The first kappa shape index (κ1) is 24.5. The molecule has 3 rings (SSSR count). The van der Waals surface area contributed by atoms with Crippen molar-refractivity contribution >= 4 is 45.0 Å². The van der Waals surface area contributed by atoms with E-state index in [2.05, 4.69) is 10.6 Å². The molecule has 0 heterocycles. The fourth-order valence-electron chi connectivity index (χ4n) is 3.07. The molecule has 2 amide bonds. The minimum absolute atomic E-state index is 0.0218. The van der Waals surface area contributed by atoms with Crippen LogP contribution in [-0.2, 0) is 14.8 Å². The van der Waals surface area contributed by atoms with Gasteiger partial charge in [-0.3, -0.25) is 9.59 Å². The first-order valence-corrected chi connectivity index (χ1v) is 12.7. The third kappa shape index (κ3) is 6.92. The normalized spacial score (nSPS) is 12.1. The second-order valence-corrected chi connectivity index (χ2v) is 10.3. The Bertz CT molecular complexity index is 1260. The molecule has 0 radical (unpaired) electrons. The number of amides is 2. The van der Waals surface area contributed by atoms with Gasteiger partial charge >= 0.3 is 0 Å². The molecule has 0 bridgehead atoms. The molecule has 3 aromatic carbocycles. The molecule has 1 atom stereocenters. The topological polar surface area (TPSA) is 118 Å². The molecule has 0 aliphatic heterocycles. The number of hydrogen-bond donors (Lipinski definition) is 3. The van der Waals surface area contributed by atoms with Crippen LogP contribution in [-0.4, -0.2) is 25.5 Å². The van der Waals surface area contributed by atoms with Gasteiger partial charge in [0.05, 0.1) is 10.1 Å². The minimum Gasteiger partial charge on any atom is -0.325 e. The van der Waals surface area contributed by atoms with Crippen LogP contribution in [0.4, 0.5) is 11.4 Å². The summed E-state index contributed by atoms with van der Waals surface area (Å²) in [5, 5.41) is 10.4. The number of aryl methyl sites for hydroxylation is 1. The van der Waals surface area contributed by atoms with Crippen molar-refractivity contribution in [3.63, 3.8) is 0 Å². The van der Waals surface area contributed by atoms with E-state index in [4.69, 9.17) is 5.14 Å². The van der Waals surface area contributed by atoms with Crippen LogP contribution in [0.25, 0.3) is 0 Å². The van der Waals surface area contributed by atoms with Crippen LogP contribution in [0.2, 0.25) is 0 Å². The Kier molecular flexibility index (Phi) is 7.91. The number of nitrogens with two attached hydrogens (primary N) is 1. The molecule has 172 valence electrons. The summed E-state index contributed by atoms with van der Waals surface area (Å²) in [6.45, 7) is 3.84. The molecule has 0 fully saturated rings. The summed E-state index contributed by atoms with van der Waals surface area (Å²) in [4.78, 5) is 26.1. The van der Waals surface area contributed by atoms with Crippen LogP contribution < -0.4 is 15.8 Å². The van der Waals surface area contributed by atoms with Crippen molar-refractivity contribution in [2.75, 3.05) is 10.6 Å². The number of carbonyl (C=O) groups excluding carboxylic acids is 2. The number of nitrogens with one attached hydrogen (secondary N) is 2. The molecule has 4 N–H and O–H groups in total. The van der Waals surface area contributed by atoms with E-state index in [0.29, 0.717) is 23.4 Å². The number of carbonyl (C=O) groups is 2. The highest BCUT2D eigenvalue weighted by Crippen LogP contribution is 2.29. The fraction of sp³-hybridized carbons (Fsp3) is 0.167. The summed E-state index contributed by atoms with van der Waals surface area (Å²) in [7, 11) is -3.79. The van der Waals surface area contributed by atoms with E-state index in [1.54, 1.807) is 12.1 Å². The maximum absolute atomic E-state index is 12.8. The lowest BCUT2D eigenvalue weighted by atomic mass is 10.1. The second kappa shape index (κ2) is 10.7. The van der Waals surface area contributed by atoms with Crippen LogP contribution in [0.3, 0.4) is 0 Å². The van der Waals surface area contributed by atoms with Gasteiger partial charge in [-0.05, 0) is 67.9 Å². The molecule has 0 aliphatic carbocycles. The van der Waals surface area contributed by atoms with Gasteiger partial charge in [-0.25, -0.2) is 13.6 Å². The molecule has 9 heteroatoms. The van der Waals surface area contributed by atoms with Gasteiger partial charge in [0.1, 0.15) is 0 Å². The highest BCUT2D eigenvalue weighted by atomic mass is 32.2. The van der Waals surface area contributed by atoms with Crippen LogP contribution >= 0.6 is 11.8 Å². The van der Waals surface area contributed by atoms with Gasteiger partial charge in [-0.15, -0.1) is 11.8 Å². The van der Waals surface area contributed by atoms with Crippen molar-refractivity contribution in [2.45, 2.75) is 35.3 Å². The van der Waals surface area contributed by atoms with Crippen LogP contribution in [0.5, 0.6) is 0 Å². The molecular formula is C24H25N3O4S2. The molecule has 7 nitrogen and oxygen atoms in total. The number of hydrogen-bond acceptors (Lipinski definition) is 5. The Morgan fingerprint density at radius 3 is 2.27 bits per heavy atom. The van der Waals surface area contributed by atoms with Gasteiger partial charge in [0.15, 0.2) is 0 Å². The summed E-state index contributed by atoms with van der Waals surface area (Å²) < 4.78 is 22.7. The van der Waals surface area contributed by atoms with E-state index in [9.17, 15) is 18.0 Å². The highest BCUT2D eigenvalue weighted by molar-refractivity contribution is 8.00. The maximum atomic E-state index is 12.8. The van der Waals surface area contributed by atoms with E-state index in [1.165, 1.54) is 36.0 Å². The molecule has 33 heavy (non-hydrogen) atoms. The number of benzene rings is 3. The first-order chi connectivity index (χ1) is 15.7. The third-order valence-corrected chi connectivity index (χ3v) is 7.05. The predicted molar refractivity (Wildman–Crippen MR) is 132 cm³/mol. The van der Waals surface area contributed by atoms with Crippen LogP contribution in [0, 0.1) is 6.92 Å². The average molecular weight is 484 g/mol. The van der Waals surface area contributed by atoms with E-state index >= 15 is 0 Å². The fourth-order valence-corrected chi connectivity index (χ4v) is 4.60. The number of thioether (sulfide) groups is 1. The zero-order chi connectivity index (χ0) is 24.0. The van der Waals surface area contributed by atoms with E-state index in [0.717, 1.165) is 10.5 Å². The van der Waals surface area contributed by atoms with Gasteiger partial charge in [0, 0.05) is 21.8 Å². The molecule has 1 unspecified atom stereocenters. The summed E-state index contributed by atoms with van der Waals surface area (Å²) in [5.74, 6) is -0.409. The lowest BCUT2D eigenvalue weighted by molar-refractivity contribution is -0.115. The second-order valence-electron chi connectivity index (χ2n) is 7.42. The summed E-state index contributed by atoms with van der Waals surface area (Å²) >= 11 is 1.38. The highest BCUT2D eigenvalue weighted by Gasteiger charge is 2.19. The van der Waals surface area contributed by atoms with Crippen molar-refractivity contribution in [2.24, 2.45) is 5.14 Å². The molecule has 0 saturated heterocycles. The Morgan fingerprint density at radius 2 is 1.64 bits per heavy atom. The van der Waals surface area contributed by atoms with Crippen molar-refractivity contribution in [3.8, 4) is 0 Å². The number of anilines is 2. The van der Waals surface area contributed by atoms with Gasteiger partial charge < -0.3 is 10.6 Å². The SMILES string of the molecule is CCC(Sc1cccc(NC(=O)c2cccc(C)c2)c1)C(=O)Nc1ccc(S(N)(=O)=O)cc1. The molecule has 3 aromatic rings. The summed E-state index contributed by atoms with van der Waals surface area (Å²) in [5.41, 5.74) is 2.70. The largest absolute Gasteiger partial charge is 0.325 e. The standard InChI is InChI=1S/C24H25N3O4S2/c1-3-22(24(29)26-18-10-12-21(13-11-18)33(25,30)31)32-20-9-5-8-19(15-20)27-23(28)17-7-4-6-16(2)14-17/h4-15,22H,3H2,1-2H3,(H,26,29)(H,27,28)(H2,25,30,31). The zero-order valence-corrected chi connectivity index (χ0v) is 19.9. The maximum Gasteiger partial charge on any atom is 0.255 e. The lowest BCUT2D eigenvalue weighted by Gasteiger charge is -2.16. The predicted octanol–water partition coefficient (Wildman–Crippen LogP) is 4.40. The summed E-state index contributed by atoms with van der Waals surface area (Å²) in [6.07, 6.45) is 0.575. The average Bonchev–Trinajstić information content (AvgIpc) is 2.77. The molecule has 0 spiro atoms. The van der Waals surface area contributed by atoms with Crippen molar-refractivity contribution < 1.29 is 18.0 Å². The molecule has 0 aromatic heterocycles.